The average Bonchev–Trinajstić information content (AvgIpc) is 3.60. The number of methoxy groups -OCH3 is 1. The lowest BCUT2D eigenvalue weighted by molar-refractivity contribution is -0.119. The molecule has 0 spiro atoms. The van der Waals surface area contributed by atoms with Gasteiger partial charge in [0.15, 0.2) is 5.82 Å². The van der Waals surface area contributed by atoms with Crippen molar-refractivity contribution in [1.29, 1.82) is 0 Å². The number of fused-ring (bicyclic) bond motifs is 4. The summed E-state index contributed by atoms with van der Waals surface area (Å²) in [5.41, 5.74) is 2.85. The summed E-state index contributed by atoms with van der Waals surface area (Å²) in [6.07, 6.45) is 4.16. The number of ether oxygens (including phenoxy) is 1. The molecule has 2 aromatic carbocycles. The lowest BCUT2D eigenvalue weighted by atomic mass is 9.98. The van der Waals surface area contributed by atoms with Crippen LogP contribution in [-0.2, 0) is 9.53 Å². The molecule has 4 aromatic rings. The molecule has 0 aliphatic carbocycles. The summed E-state index contributed by atoms with van der Waals surface area (Å²) in [7, 11) is 1.26. The van der Waals surface area contributed by atoms with Crippen LogP contribution in [0.3, 0.4) is 0 Å². The van der Waals surface area contributed by atoms with Gasteiger partial charge in [-0.05, 0) is 50.1 Å². The zero-order valence-electron chi connectivity index (χ0n) is 23.1. The van der Waals surface area contributed by atoms with Crippen LogP contribution in [-0.4, -0.2) is 44.5 Å². The van der Waals surface area contributed by atoms with Gasteiger partial charge in [0.05, 0.1) is 40.9 Å². The summed E-state index contributed by atoms with van der Waals surface area (Å²) in [5, 5.41) is 8.53. The second-order valence-electron chi connectivity index (χ2n) is 10.0. The Labute approximate surface area is 245 Å². The molecule has 3 heterocycles. The molecule has 11 nitrogen and oxygen atoms in total. The Bertz CT molecular complexity index is 1670. The summed E-state index contributed by atoms with van der Waals surface area (Å²) in [6, 6.07) is 9.15. The number of carbonyl (C=O) groups excluding carboxylic acids is 3. The fraction of sp³-hybridized carbons (Fsp3) is 0.276. The maximum absolute atomic E-state index is 14.7. The minimum atomic E-state index is -0.639. The molecule has 1 aliphatic rings. The van der Waals surface area contributed by atoms with Gasteiger partial charge in [0.25, 0.3) is 5.91 Å². The number of nitrogens with one attached hydrogen (secondary N) is 4. The Kier molecular flexibility index (Phi) is 8.25. The zero-order chi connectivity index (χ0) is 30.0. The van der Waals surface area contributed by atoms with Crippen molar-refractivity contribution in [2.75, 3.05) is 17.7 Å². The Morgan fingerprint density at radius 1 is 1.21 bits per heavy atom. The van der Waals surface area contributed by atoms with E-state index in [1.165, 1.54) is 24.1 Å². The van der Waals surface area contributed by atoms with E-state index in [-0.39, 0.29) is 28.2 Å². The largest absolute Gasteiger partial charge is 0.453 e. The number of amides is 3. The van der Waals surface area contributed by atoms with E-state index in [9.17, 15) is 18.8 Å². The van der Waals surface area contributed by atoms with E-state index < -0.39 is 23.9 Å². The number of rotatable bonds is 4. The highest BCUT2D eigenvalue weighted by Gasteiger charge is 2.25. The van der Waals surface area contributed by atoms with Crippen LogP contribution < -0.4 is 16.0 Å². The number of H-pyrrole nitrogens is 1. The molecule has 218 valence electrons. The first-order valence-corrected chi connectivity index (χ1v) is 13.7. The van der Waals surface area contributed by atoms with Crippen LogP contribution in [0.15, 0.2) is 48.9 Å². The summed E-state index contributed by atoms with van der Waals surface area (Å²) >= 11 is 5.95. The van der Waals surface area contributed by atoms with Gasteiger partial charge < -0.3 is 20.4 Å². The van der Waals surface area contributed by atoms with E-state index >= 15 is 0 Å². The molecule has 0 radical (unpaired) electrons. The van der Waals surface area contributed by atoms with Crippen LogP contribution >= 0.6 is 11.6 Å². The monoisotopic (exact) mass is 593 g/mol. The van der Waals surface area contributed by atoms with Gasteiger partial charge in [0, 0.05) is 23.4 Å². The number of imidazole rings is 2. The Morgan fingerprint density at radius 3 is 2.81 bits per heavy atom. The summed E-state index contributed by atoms with van der Waals surface area (Å²) in [4.78, 5) is 50.3. The van der Waals surface area contributed by atoms with Crippen LogP contribution in [0.2, 0.25) is 5.02 Å². The van der Waals surface area contributed by atoms with Gasteiger partial charge in [0.1, 0.15) is 17.8 Å². The first-order chi connectivity index (χ1) is 20.2. The Balaban J connectivity index is 1.45. The summed E-state index contributed by atoms with van der Waals surface area (Å²) in [5.74, 6) is -1.09. The van der Waals surface area contributed by atoms with E-state index in [0.29, 0.717) is 53.4 Å². The number of benzene rings is 2. The molecule has 5 rings (SSSR count). The third-order valence-corrected chi connectivity index (χ3v) is 7.51. The Morgan fingerprint density at radius 2 is 2.02 bits per heavy atom. The van der Waals surface area contributed by atoms with Crippen LogP contribution in [0.1, 0.15) is 54.1 Å². The van der Waals surface area contributed by atoms with Gasteiger partial charge in [-0.2, -0.15) is 0 Å². The minimum absolute atomic E-state index is 0.0328. The number of aromatic amines is 1. The lowest BCUT2D eigenvalue weighted by Gasteiger charge is -2.20. The number of anilines is 2. The van der Waals surface area contributed by atoms with E-state index in [1.807, 2.05) is 6.92 Å². The number of aromatic nitrogens is 4. The van der Waals surface area contributed by atoms with Crippen molar-refractivity contribution >= 4 is 40.9 Å². The topological polar surface area (TPSA) is 143 Å². The normalized spacial score (nSPS) is 16.8. The second-order valence-corrected chi connectivity index (χ2v) is 10.4. The molecule has 2 bridgehead atoms. The van der Waals surface area contributed by atoms with Crippen molar-refractivity contribution in [3.8, 4) is 17.1 Å². The molecule has 13 heteroatoms. The third kappa shape index (κ3) is 5.84. The minimum Gasteiger partial charge on any atom is -0.453 e. The van der Waals surface area contributed by atoms with Crippen LogP contribution in [0.25, 0.3) is 17.1 Å². The number of hydrogen-bond acceptors (Lipinski definition) is 6. The Hall–Kier alpha value is -4.71. The molecular formula is C29H29ClFN7O4. The first-order valence-electron chi connectivity index (χ1n) is 13.3. The summed E-state index contributed by atoms with van der Waals surface area (Å²) in [6.45, 7) is 3.51. The first kappa shape index (κ1) is 28.8. The quantitative estimate of drug-likeness (QED) is 0.236. The van der Waals surface area contributed by atoms with Crippen molar-refractivity contribution in [2.45, 2.75) is 39.2 Å². The molecule has 42 heavy (non-hydrogen) atoms. The second kappa shape index (κ2) is 12.0. The maximum Gasteiger partial charge on any atom is 0.411 e. The molecule has 0 unspecified atom stereocenters. The average molecular weight is 594 g/mol. The van der Waals surface area contributed by atoms with Gasteiger partial charge in [-0.1, -0.05) is 31.0 Å². The molecule has 3 amide bonds. The predicted molar refractivity (Wildman–Crippen MR) is 155 cm³/mol. The highest BCUT2D eigenvalue weighted by Crippen LogP contribution is 2.32. The molecule has 2 aromatic heterocycles. The molecule has 4 N–H and O–H groups in total. The molecule has 2 atom stereocenters. The van der Waals surface area contributed by atoms with Crippen molar-refractivity contribution in [2.24, 2.45) is 5.92 Å². The van der Waals surface area contributed by atoms with E-state index in [1.54, 1.807) is 43.5 Å². The third-order valence-electron chi connectivity index (χ3n) is 7.21. The van der Waals surface area contributed by atoms with Crippen LogP contribution in [0, 0.1) is 18.7 Å². The highest BCUT2D eigenvalue weighted by molar-refractivity contribution is 6.30. The molecule has 0 fully saturated rings. The molecular weight excluding hydrogens is 565 g/mol. The van der Waals surface area contributed by atoms with Gasteiger partial charge in [-0.15, -0.1) is 0 Å². The SMILES string of the molecule is COC(=O)Nc1ccc2c(c1)NC(=O)[C@H](C)CCC[C@@H](NC(=O)c1ncn(-c3cccc(Cl)c3F)c1C)c1c[nH]c-2n1. The lowest BCUT2D eigenvalue weighted by Crippen LogP contribution is -2.30. The van der Waals surface area contributed by atoms with Crippen molar-refractivity contribution in [3.05, 3.63) is 76.8 Å². The van der Waals surface area contributed by atoms with Crippen molar-refractivity contribution in [1.82, 2.24) is 24.8 Å². The summed E-state index contributed by atoms with van der Waals surface area (Å²) < 4.78 is 20.8. The maximum atomic E-state index is 14.7. The molecule has 1 aliphatic heterocycles. The van der Waals surface area contributed by atoms with Crippen LogP contribution in [0.4, 0.5) is 20.6 Å². The van der Waals surface area contributed by atoms with Gasteiger partial charge in [-0.3, -0.25) is 19.5 Å². The standard InChI is InChI=1S/C29H29ClFN7O4/c1-15-6-4-8-20(36-28(40)25-16(2)38(14-33-25)23-9-5-7-19(30)24(23)31)22-13-32-26(35-22)18-11-10-17(34-29(41)42-3)12-21(18)37-27(15)39/h5,7,9-15,20H,4,6,8H2,1-3H3,(H,32,35)(H,34,41)(H,36,40)(H,37,39)/t15-,20-/m1/s1. The van der Waals surface area contributed by atoms with Gasteiger partial charge in [0.2, 0.25) is 5.91 Å². The van der Waals surface area contributed by atoms with E-state index in [4.69, 9.17) is 16.6 Å². The van der Waals surface area contributed by atoms with Crippen molar-refractivity contribution < 1.29 is 23.5 Å². The number of carbonyl (C=O) groups is 3. The van der Waals surface area contributed by atoms with E-state index in [0.717, 1.165) is 0 Å². The zero-order valence-corrected chi connectivity index (χ0v) is 23.9. The smallest absolute Gasteiger partial charge is 0.411 e. The predicted octanol–water partition coefficient (Wildman–Crippen LogP) is 5.77. The van der Waals surface area contributed by atoms with E-state index in [2.05, 4.69) is 30.7 Å². The fourth-order valence-corrected chi connectivity index (χ4v) is 5.01. The molecule has 0 saturated heterocycles. The number of halogens is 2. The number of nitrogens with zero attached hydrogens (tertiary/aromatic N) is 3. The van der Waals surface area contributed by atoms with Gasteiger partial charge in [-0.25, -0.2) is 19.2 Å². The van der Waals surface area contributed by atoms with Crippen LogP contribution in [0.5, 0.6) is 0 Å². The molecule has 0 saturated carbocycles. The van der Waals surface area contributed by atoms with Crippen molar-refractivity contribution in [3.63, 3.8) is 0 Å². The fourth-order valence-electron chi connectivity index (χ4n) is 4.84. The number of hydrogen-bond donors (Lipinski definition) is 4. The highest BCUT2D eigenvalue weighted by atomic mass is 35.5. The van der Waals surface area contributed by atoms with Gasteiger partial charge >= 0.3 is 6.09 Å².